The van der Waals surface area contributed by atoms with Gasteiger partial charge < -0.3 is 9.47 Å². The van der Waals surface area contributed by atoms with Crippen molar-refractivity contribution in [1.29, 1.82) is 0 Å². The summed E-state index contributed by atoms with van der Waals surface area (Å²) in [6.07, 6.45) is 1.15. The quantitative estimate of drug-likeness (QED) is 0.493. The van der Waals surface area contributed by atoms with Crippen LogP contribution < -0.4 is 9.47 Å². The predicted molar refractivity (Wildman–Crippen MR) is 83.5 cm³/mol. The molecule has 0 N–H and O–H groups in total. The van der Waals surface area contributed by atoms with Crippen molar-refractivity contribution in [3.8, 4) is 11.5 Å². The van der Waals surface area contributed by atoms with Crippen LogP contribution in [0.25, 0.3) is 0 Å². The molecule has 2 aromatic carbocycles. The summed E-state index contributed by atoms with van der Waals surface area (Å²) in [4.78, 5) is 13.5. The highest BCUT2D eigenvalue weighted by Gasteiger charge is 2.18. The van der Waals surface area contributed by atoms with E-state index >= 15 is 0 Å². The number of rotatable bonds is 4. The van der Waals surface area contributed by atoms with Crippen molar-refractivity contribution < 1.29 is 14.3 Å². The van der Waals surface area contributed by atoms with Crippen LogP contribution in [0.15, 0.2) is 61.2 Å². The minimum Gasteiger partial charge on any atom is -0.478 e. The molecule has 0 amide bonds. The van der Waals surface area contributed by atoms with Crippen molar-refractivity contribution in [2.45, 2.75) is 13.1 Å². The number of carbonyl (C=O) groups is 1. The lowest BCUT2D eigenvalue weighted by molar-refractivity contribution is -0.128. The van der Waals surface area contributed by atoms with Crippen LogP contribution in [0, 0.1) is 0 Å². The van der Waals surface area contributed by atoms with Gasteiger partial charge in [-0.15, -0.1) is 0 Å². The molecule has 4 heteroatoms. The fourth-order valence-corrected chi connectivity index (χ4v) is 2.43. The van der Waals surface area contributed by atoms with E-state index in [-0.39, 0.29) is 0 Å². The fraction of sp³-hybridized carbons (Fsp3) is 0.167. The van der Waals surface area contributed by atoms with Gasteiger partial charge >= 0.3 is 5.97 Å². The van der Waals surface area contributed by atoms with E-state index in [1.807, 2.05) is 30.3 Å². The van der Waals surface area contributed by atoms with Crippen LogP contribution in [0.2, 0.25) is 0 Å². The maximum atomic E-state index is 11.3. The molecule has 1 aliphatic rings. The van der Waals surface area contributed by atoms with Crippen molar-refractivity contribution >= 4 is 5.97 Å². The summed E-state index contributed by atoms with van der Waals surface area (Å²) in [6.45, 7) is 5.52. The Balaban J connectivity index is 1.72. The summed E-state index contributed by atoms with van der Waals surface area (Å²) in [6, 6.07) is 15.7. The van der Waals surface area contributed by atoms with Crippen molar-refractivity contribution in [3.05, 3.63) is 72.3 Å². The Hall–Kier alpha value is -2.59. The Labute approximate surface area is 129 Å². The highest BCUT2D eigenvalue weighted by atomic mass is 16.5. The molecule has 0 unspecified atom stereocenters. The van der Waals surface area contributed by atoms with E-state index in [2.05, 4.69) is 23.6 Å². The lowest BCUT2D eigenvalue weighted by atomic mass is 10.1. The normalized spacial score (nSPS) is 13.8. The largest absolute Gasteiger partial charge is 0.478 e. The molecule has 0 saturated heterocycles. The molecule has 0 fully saturated rings. The van der Waals surface area contributed by atoms with Gasteiger partial charge in [0.05, 0.1) is 0 Å². The third-order valence-electron chi connectivity index (χ3n) is 3.46. The summed E-state index contributed by atoms with van der Waals surface area (Å²) >= 11 is 0. The van der Waals surface area contributed by atoms with E-state index < -0.39 is 5.97 Å². The Morgan fingerprint density at radius 2 is 2.09 bits per heavy atom. The van der Waals surface area contributed by atoms with Gasteiger partial charge in [-0.05, 0) is 23.8 Å². The summed E-state index contributed by atoms with van der Waals surface area (Å²) in [7, 11) is 0. The zero-order valence-corrected chi connectivity index (χ0v) is 12.2. The van der Waals surface area contributed by atoms with Gasteiger partial charge in [0.25, 0.3) is 0 Å². The van der Waals surface area contributed by atoms with E-state index in [1.54, 1.807) is 6.07 Å². The molecule has 0 atom stereocenters. The highest BCUT2D eigenvalue weighted by molar-refractivity contribution is 5.83. The molecular formula is C18H17NO3. The molecule has 0 spiro atoms. The topological polar surface area (TPSA) is 38.8 Å². The van der Waals surface area contributed by atoms with Gasteiger partial charge in [0.1, 0.15) is 18.2 Å². The molecule has 0 aliphatic carbocycles. The van der Waals surface area contributed by atoms with Crippen LogP contribution in [-0.4, -0.2) is 17.6 Å². The third-order valence-corrected chi connectivity index (χ3v) is 3.46. The number of esters is 1. The van der Waals surface area contributed by atoms with Crippen molar-refractivity contribution in [2.24, 2.45) is 0 Å². The molecule has 0 saturated carbocycles. The number of carbonyl (C=O) groups excluding carboxylic acids is 1. The molecule has 4 nitrogen and oxygen atoms in total. The van der Waals surface area contributed by atoms with E-state index in [9.17, 15) is 4.79 Å². The van der Waals surface area contributed by atoms with E-state index in [0.29, 0.717) is 12.5 Å². The highest BCUT2D eigenvalue weighted by Crippen LogP contribution is 2.29. The van der Waals surface area contributed by atoms with Crippen LogP contribution in [0.4, 0.5) is 0 Å². The number of benzene rings is 2. The maximum absolute atomic E-state index is 11.3. The molecule has 0 radical (unpaired) electrons. The Morgan fingerprint density at radius 3 is 2.86 bits per heavy atom. The maximum Gasteiger partial charge on any atom is 0.335 e. The first-order valence-electron chi connectivity index (χ1n) is 7.11. The number of nitrogens with zero attached hydrogens (tertiary/aromatic N) is 1. The first-order valence-corrected chi connectivity index (χ1v) is 7.11. The van der Waals surface area contributed by atoms with Gasteiger partial charge in [-0.1, -0.05) is 36.9 Å². The van der Waals surface area contributed by atoms with Gasteiger partial charge in [-0.3, -0.25) is 4.90 Å². The van der Waals surface area contributed by atoms with Crippen LogP contribution in [0.5, 0.6) is 11.5 Å². The standard InChI is InChI=1S/C18H17NO3/c1-2-18(20)22-16-8-9-17-15(10-16)12-19(13-21-17)11-14-6-4-3-5-7-14/h2-10H,1,11-13H2. The summed E-state index contributed by atoms with van der Waals surface area (Å²) in [5, 5.41) is 0. The van der Waals surface area contributed by atoms with Crippen LogP contribution in [0.3, 0.4) is 0 Å². The van der Waals surface area contributed by atoms with Crippen LogP contribution >= 0.6 is 0 Å². The molecule has 0 bridgehead atoms. The number of hydrogen-bond acceptors (Lipinski definition) is 4. The molecule has 0 aromatic heterocycles. The molecule has 112 valence electrons. The number of hydrogen-bond donors (Lipinski definition) is 0. The second kappa shape index (κ2) is 6.45. The summed E-state index contributed by atoms with van der Waals surface area (Å²) in [5.74, 6) is 0.884. The van der Waals surface area contributed by atoms with Gasteiger partial charge in [0.15, 0.2) is 0 Å². The van der Waals surface area contributed by atoms with Crippen LogP contribution in [-0.2, 0) is 17.9 Å². The lowest BCUT2D eigenvalue weighted by Gasteiger charge is -2.29. The second-order valence-electron chi connectivity index (χ2n) is 5.14. The van der Waals surface area contributed by atoms with Crippen molar-refractivity contribution in [2.75, 3.05) is 6.73 Å². The predicted octanol–water partition coefficient (Wildman–Crippen LogP) is 3.13. The fourth-order valence-electron chi connectivity index (χ4n) is 2.43. The molecule has 2 aromatic rings. The van der Waals surface area contributed by atoms with Crippen LogP contribution in [0.1, 0.15) is 11.1 Å². The smallest absolute Gasteiger partial charge is 0.335 e. The summed E-state index contributed by atoms with van der Waals surface area (Å²) in [5.41, 5.74) is 2.25. The van der Waals surface area contributed by atoms with Crippen molar-refractivity contribution in [3.63, 3.8) is 0 Å². The van der Waals surface area contributed by atoms with Gasteiger partial charge in [0.2, 0.25) is 0 Å². The zero-order valence-electron chi connectivity index (χ0n) is 12.2. The molecule has 1 aliphatic heterocycles. The first kappa shape index (κ1) is 14.4. The van der Waals surface area contributed by atoms with E-state index in [1.165, 1.54) is 5.56 Å². The SMILES string of the molecule is C=CC(=O)Oc1ccc2c(c1)CN(Cc1ccccc1)CO2. The zero-order chi connectivity index (χ0) is 15.4. The molecule has 1 heterocycles. The number of fused-ring (bicyclic) bond motifs is 1. The Kier molecular flexibility index (Phi) is 4.21. The monoisotopic (exact) mass is 295 g/mol. The lowest BCUT2D eigenvalue weighted by Crippen LogP contribution is -2.31. The average molecular weight is 295 g/mol. The molecule has 3 rings (SSSR count). The van der Waals surface area contributed by atoms with Gasteiger partial charge in [0, 0.05) is 24.7 Å². The molecule has 22 heavy (non-hydrogen) atoms. The minimum absolute atomic E-state index is 0.460. The second-order valence-corrected chi connectivity index (χ2v) is 5.14. The van der Waals surface area contributed by atoms with E-state index in [4.69, 9.17) is 9.47 Å². The van der Waals surface area contributed by atoms with Gasteiger partial charge in [-0.2, -0.15) is 0 Å². The Morgan fingerprint density at radius 1 is 1.27 bits per heavy atom. The van der Waals surface area contributed by atoms with Gasteiger partial charge in [-0.25, -0.2) is 4.79 Å². The third kappa shape index (κ3) is 3.35. The van der Waals surface area contributed by atoms with Crippen molar-refractivity contribution in [1.82, 2.24) is 4.90 Å². The molecular weight excluding hydrogens is 278 g/mol. The van der Waals surface area contributed by atoms with E-state index in [0.717, 1.165) is 30.5 Å². The first-order chi connectivity index (χ1) is 10.7. The Bertz CT molecular complexity index is 682. The number of ether oxygens (including phenoxy) is 2. The summed E-state index contributed by atoms with van der Waals surface area (Å²) < 4.78 is 10.9. The average Bonchev–Trinajstić information content (AvgIpc) is 2.55. The minimum atomic E-state index is -0.460.